The standard InChI is InChI=1S/C21H27F2NO2/c1-14-6-5-8-15(14)7-3-4-11-21(22,23)18-12-16-9-10-17(26-2)13-19(16)24-20(18)25/h9-10,12-15H,3-8,11H2,1-2H3,(H,24,25). The second-order valence-corrected chi connectivity index (χ2v) is 7.54. The summed E-state index contributed by atoms with van der Waals surface area (Å²) in [5, 5.41) is 10.6. The number of methoxy groups -OCH3 is 1. The largest absolute Gasteiger partial charge is 0.497 e. The molecule has 1 fully saturated rings. The zero-order valence-corrected chi connectivity index (χ0v) is 15.5. The lowest BCUT2D eigenvalue weighted by molar-refractivity contribution is -0.0184. The number of hydrogen-bond acceptors (Lipinski definition) is 3. The molecule has 142 valence electrons. The van der Waals surface area contributed by atoms with E-state index in [-0.39, 0.29) is 12.0 Å². The van der Waals surface area contributed by atoms with Gasteiger partial charge in [-0.15, -0.1) is 0 Å². The van der Waals surface area contributed by atoms with Crippen LogP contribution < -0.4 is 4.74 Å². The quantitative estimate of drug-likeness (QED) is 0.610. The first-order valence-electron chi connectivity index (χ1n) is 9.47. The molecule has 1 heterocycles. The number of benzene rings is 1. The molecule has 2 atom stereocenters. The molecule has 5 heteroatoms. The van der Waals surface area contributed by atoms with Gasteiger partial charge in [0, 0.05) is 17.9 Å². The Morgan fingerprint density at radius 3 is 2.73 bits per heavy atom. The minimum absolute atomic E-state index is 0.259. The normalized spacial score (nSPS) is 20.6. The molecule has 2 unspecified atom stereocenters. The molecule has 1 aromatic heterocycles. The number of alkyl halides is 2. The topological polar surface area (TPSA) is 42.4 Å². The molecular weight excluding hydrogens is 336 g/mol. The van der Waals surface area contributed by atoms with Gasteiger partial charge in [-0.3, -0.25) is 0 Å². The molecule has 0 bridgehead atoms. The van der Waals surface area contributed by atoms with Gasteiger partial charge >= 0.3 is 0 Å². The number of aromatic nitrogens is 1. The molecule has 2 aromatic rings. The highest BCUT2D eigenvalue weighted by molar-refractivity contribution is 5.81. The first-order valence-corrected chi connectivity index (χ1v) is 9.47. The van der Waals surface area contributed by atoms with E-state index in [2.05, 4.69) is 11.9 Å². The Kier molecular flexibility index (Phi) is 5.64. The summed E-state index contributed by atoms with van der Waals surface area (Å²) in [5.41, 5.74) is 0.0565. The number of halogens is 2. The van der Waals surface area contributed by atoms with Gasteiger partial charge in [-0.05, 0) is 36.5 Å². The van der Waals surface area contributed by atoms with Crippen molar-refractivity contribution in [3.05, 3.63) is 29.8 Å². The second-order valence-electron chi connectivity index (χ2n) is 7.54. The first kappa shape index (κ1) is 18.9. The molecule has 1 aliphatic rings. The Morgan fingerprint density at radius 2 is 2.04 bits per heavy atom. The van der Waals surface area contributed by atoms with Gasteiger partial charge in [0.1, 0.15) is 5.75 Å². The lowest BCUT2D eigenvalue weighted by Crippen LogP contribution is -2.14. The smallest absolute Gasteiger partial charge is 0.278 e. The van der Waals surface area contributed by atoms with Crippen molar-refractivity contribution < 1.29 is 18.6 Å². The third kappa shape index (κ3) is 4.08. The van der Waals surface area contributed by atoms with Crippen molar-refractivity contribution >= 4 is 10.9 Å². The number of aromatic hydroxyl groups is 1. The lowest BCUT2D eigenvalue weighted by Gasteiger charge is -2.19. The highest BCUT2D eigenvalue weighted by Crippen LogP contribution is 2.40. The van der Waals surface area contributed by atoms with Crippen LogP contribution in [0.25, 0.3) is 10.9 Å². The third-order valence-electron chi connectivity index (χ3n) is 5.75. The van der Waals surface area contributed by atoms with E-state index in [4.69, 9.17) is 4.74 Å². The van der Waals surface area contributed by atoms with E-state index in [1.807, 2.05) is 0 Å². The number of nitrogens with zero attached hydrogens (tertiary/aromatic N) is 1. The SMILES string of the molecule is COc1ccc2cc(C(F)(F)CCCCC3CCCC3C)c(O)nc2c1. The van der Waals surface area contributed by atoms with Gasteiger partial charge in [-0.1, -0.05) is 39.0 Å². The summed E-state index contributed by atoms with van der Waals surface area (Å²) in [6.45, 7) is 2.26. The third-order valence-corrected chi connectivity index (χ3v) is 5.75. The number of fused-ring (bicyclic) bond motifs is 1. The number of hydrogen-bond donors (Lipinski definition) is 1. The van der Waals surface area contributed by atoms with E-state index in [1.165, 1.54) is 32.4 Å². The van der Waals surface area contributed by atoms with Gasteiger partial charge in [0.05, 0.1) is 18.2 Å². The fourth-order valence-electron chi connectivity index (χ4n) is 4.07. The van der Waals surface area contributed by atoms with Crippen molar-refractivity contribution in [2.24, 2.45) is 11.8 Å². The molecule has 0 aliphatic heterocycles. The van der Waals surface area contributed by atoms with E-state index in [0.717, 1.165) is 18.8 Å². The lowest BCUT2D eigenvalue weighted by atomic mass is 9.91. The summed E-state index contributed by atoms with van der Waals surface area (Å²) in [6.07, 6.45) is 5.80. The average molecular weight is 363 g/mol. The predicted octanol–water partition coefficient (Wildman–Crippen LogP) is 6.04. The number of pyridine rings is 1. The van der Waals surface area contributed by atoms with Crippen molar-refractivity contribution in [3.63, 3.8) is 0 Å². The van der Waals surface area contributed by atoms with Gasteiger partial charge in [0.2, 0.25) is 5.88 Å². The monoisotopic (exact) mass is 363 g/mol. The summed E-state index contributed by atoms with van der Waals surface area (Å²) in [5.74, 6) is -1.69. The van der Waals surface area contributed by atoms with E-state index in [1.54, 1.807) is 18.2 Å². The molecule has 1 saturated carbocycles. The van der Waals surface area contributed by atoms with Crippen LogP contribution in [0.4, 0.5) is 8.78 Å². The Bertz CT molecular complexity index is 763. The summed E-state index contributed by atoms with van der Waals surface area (Å²) >= 11 is 0. The summed E-state index contributed by atoms with van der Waals surface area (Å²) in [7, 11) is 1.52. The van der Waals surface area contributed by atoms with E-state index >= 15 is 0 Å². The van der Waals surface area contributed by atoms with Crippen LogP contribution in [0.5, 0.6) is 11.6 Å². The average Bonchev–Trinajstić information content (AvgIpc) is 3.02. The van der Waals surface area contributed by atoms with Crippen LogP contribution in [0.3, 0.4) is 0 Å². The molecule has 26 heavy (non-hydrogen) atoms. The van der Waals surface area contributed by atoms with Crippen molar-refractivity contribution in [1.29, 1.82) is 0 Å². The van der Waals surface area contributed by atoms with Gasteiger partial charge < -0.3 is 9.84 Å². The summed E-state index contributed by atoms with van der Waals surface area (Å²) in [4.78, 5) is 3.95. The fourth-order valence-corrected chi connectivity index (χ4v) is 4.07. The molecule has 0 saturated heterocycles. The Balaban J connectivity index is 1.66. The summed E-state index contributed by atoms with van der Waals surface area (Å²) < 4.78 is 34.4. The molecule has 0 radical (unpaired) electrons. The van der Waals surface area contributed by atoms with Crippen LogP contribution in [-0.2, 0) is 5.92 Å². The fraction of sp³-hybridized carbons (Fsp3) is 0.571. The van der Waals surface area contributed by atoms with Crippen LogP contribution in [0.1, 0.15) is 57.4 Å². The van der Waals surface area contributed by atoms with Crippen LogP contribution in [0.15, 0.2) is 24.3 Å². The molecule has 1 aliphatic carbocycles. The highest BCUT2D eigenvalue weighted by atomic mass is 19.3. The Hall–Kier alpha value is -1.91. The molecule has 1 aromatic carbocycles. The van der Waals surface area contributed by atoms with Crippen LogP contribution in [-0.4, -0.2) is 17.2 Å². The van der Waals surface area contributed by atoms with Crippen LogP contribution in [0, 0.1) is 11.8 Å². The molecule has 3 rings (SSSR count). The van der Waals surface area contributed by atoms with Crippen molar-refractivity contribution in [2.75, 3.05) is 7.11 Å². The van der Waals surface area contributed by atoms with Gasteiger partial charge in [-0.2, -0.15) is 0 Å². The van der Waals surface area contributed by atoms with Gasteiger partial charge in [0.15, 0.2) is 0 Å². The van der Waals surface area contributed by atoms with Gasteiger partial charge in [-0.25, -0.2) is 13.8 Å². The predicted molar refractivity (Wildman–Crippen MR) is 98.8 cm³/mol. The number of unbranched alkanes of at least 4 members (excludes halogenated alkanes) is 1. The highest BCUT2D eigenvalue weighted by Gasteiger charge is 2.35. The summed E-state index contributed by atoms with van der Waals surface area (Å²) in [6, 6.07) is 6.35. The maximum absolute atomic E-state index is 14.6. The number of rotatable bonds is 7. The van der Waals surface area contributed by atoms with Crippen molar-refractivity contribution in [2.45, 2.75) is 57.8 Å². The maximum Gasteiger partial charge on any atom is 0.278 e. The maximum atomic E-state index is 14.6. The van der Waals surface area contributed by atoms with E-state index < -0.39 is 11.8 Å². The zero-order chi connectivity index (χ0) is 18.7. The van der Waals surface area contributed by atoms with E-state index in [0.29, 0.717) is 29.0 Å². The van der Waals surface area contributed by atoms with Crippen molar-refractivity contribution in [1.82, 2.24) is 4.98 Å². The Morgan fingerprint density at radius 1 is 1.23 bits per heavy atom. The minimum atomic E-state index is -3.08. The second kappa shape index (κ2) is 7.77. The van der Waals surface area contributed by atoms with Crippen LogP contribution in [0.2, 0.25) is 0 Å². The molecular formula is C21H27F2NO2. The van der Waals surface area contributed by atoms with Gasteiger partial charge in [0.25, 0.3) is 5.92 Å². The molecule has 3 nitrogen and oxygen atoms in total. The minimum Gasteiger partial charge on any atom is -0.497 e. The zero-order valence-electron chi connectivity index (χ0n) is 15.5. The first-order chi connectivity index (χ1) is 12.4. The number of ether oxygens (including phenoxy) is 1. The molecule has 0 spiro atoms. The molecule has 0 amide bonds. The van der Waals surface area contributed by atoms with Crippen LogP contribution >= 0.6 is 0 Å². The molecule has 1 N–H and O–H groups in total. The van der Waals surface area contributed by atoms with E-state index in [9.17, 15) is 13.9 Å². The van der Waals surface area contributed by atoms with Crippen molar-refractivity contribution in [3.8, 4) is 11.6 Å². The Labute approximate surface area is 153 Å².